The highest BCUT2D eigenvalue weighted by molar-refractivity contribution is 5.85. The lowest BCUT2D eigenvalue weighted by Crippen LogP contribution is -1.94. The molecule has 0 atom stereocenters. The molecule has 0 heterocycles. The van der Waals surface area contributed by atoms with Crippen LogP contribution in [-0.2, 0) is 0 Å². The Bertz CT molecular complexity index is 176. The average Bonchev–Trinajstić information content (AvgIpc) is 1.97. The van der Waals surface area contributed by atoms with Gasteiger partial charge in [0.05, 0.1) is 0 Å². The summed E-state index contributed by atoms with van der Waals surface area (Å²) in [4.78, 5) is 7.75. The van der Waals surface area contributed by atoms with Crippen molar-refractivity contribution in [3.63, 3.8) is 0 Å². The quantitative estimate of drug-likeness (QED) is 0.438. The summed E-state index contributed by atoms with van der Waals surface area (Å²) < 4.78 is 0. The van der Waals surface area contributed by atoms with Crippen molar-refractivity contribution in [2.45, 2.75) is 20.8 Å². The highest BCUT2D eigenvalue weighted by atomic mass is 14.8. The third-order valence-electron chi connectivity index (χ3n) is 1.41. The lowest BCUT2D eigenvalue weighted by atomic mass is 10.1. The Morgan fingerprint density at radius 3 is 2.36 bits per heavy atom. The Hall–Kier alpha value is -0.920. The molecular formula is C9H16N2. The number of rotatable bonds is 3. The summed E-state index contributed by atoms with van der Waals surface area (Å²) in [6, 6.07) is 0. The van der Waals surface area contributed by atoms with Crippen LogP contribution in [0.1, 0.15) is 20.8 Å². The van der Waals surface area contributed by atoms with E-state index in [9.17, 15) is 0 Å². The van der Waals surface area contributed by atoms with E-state index in [1.165, 1.54) is 5.57 Å². The van der Waals surface area contributed by atoms with E-state index in [0.717, 1.165) is 0 Å². The van der Waals surface area contributed by atoms with Crippen molar-refractivity contribution in [1.29, 1.82) is 0 Å². The molecule has 0 saturated carbocycles. The third kappa shape index (κ3) is 4.48. The van der Waals surface area contributed by atoms with Crippen LogP contribution in [0.5, 0.6) is 0 Å². The molecule has 0 unspecified atom stereocenters. The van der Waals surface area contributed by atoms with E-state index >= 15 is 0 Å². The summed E-state index contributed by atoms with van der Waals surface area (Å²) in [5.41, 5.74) is 1.24. The third-order valence-corrected chi connectivity index (χ3v) is 1.41. The SMILES string of the molecule is C\C=C(/C=N\C=N/C)C(C)C. The lowest BCUT2D eigenvalue weighted by molar-refractivity contribution is 0.805. The monoisotopic (exact) mass is 152 g/mol. The van der Waals surface area contributed by atoms with Crippen molar-refractivity contribution < 1.29 is 0 Å². The first kappa shape index (κ1) is 10.1. The molecule has 0 fully saturated rings. The summed E-state index contributed by atoms with van der Waals surface area (Å²) in [7, 11) is 1.71. The molecule has 0 aliphatic heterocycles. The zero-order valence-electron chi connectivity index (χ0n) is 7.70. The molecule has 0 aromatic carbocycles. The van der Waals surface area contributed by atoms with Crippen LogP contribution in [0.2, 0.25) is 0 Å². The van der Waals surface area contributed by atoms with Gasteiger partial charge in [-0.1, -0.05) is 19.9 Å². The first-order chi connectivity index (χ1) is 5.22. The van der Waals surface area contributed by atoms with Crippen molar-refractivity contribution in [3.8, 4) is 0 Å². The maximum atomic E-state index is 4.00. The number of aliphatic imine (C=N–C) groups is 2. The maximum Gasteiger partial charge on any atom is 0.109 e. The van der Waals surface area contributed by atoms with Crippen LogP contribution in [-0.4, -0.2) is 19.6 Å². The highest BCUT2D eigenvalue weighted by Crippen LogP contribution is 2.05. The van der Waals surface area contributed by atoms with Gasteiger partial charge in [-0.25, -0.2) is 4.99 Å². The molecule has 0 spiro atoms. The molecule has 0 radical (unpaired) electrons. The van der Waals surface area contributed by atoms with E-state index in [-0.39, 0.29) is 0 Å². The van der Waals surface area contributed by atoms with Gasteiger partial charge in [0, 0.05) is 13.3 Å². The number of nitrogens with zero attached hydrogens (tertiary/aromatic N) is 2. The summed E-state index contributed by atoms with van der Waals surface area (Å²) >= 11 is 0. The molecular weight excluding hydrogens is 136 g/mol. The lowest BCUT2D eigenvalue weighted by Gasteiger charge is -2.02. The Labute approximate surface area is 68.8 Å². The predicted octanol–water partition coefficient (Wildman–Crippen LogP) is 2.32. The van der Waals surface area contributed by atoms with Crippen molar-refractivity contribution >= 4 is 12.6 Å². The van der Waals surface area contributed by atoms with Crippen molar-refractivity contribution in [2.24, 2.45) is 15.9 Å². The molecule has 2 heteroatoms. The standard InChI is InChI=1S/C9H16N2/c1-5-9(8(2)3)6-11-7-10-4/h5-8H,1-4H3/b9-5+,10-7-,11-6-. The van der Waals surface area contributed by atoms with E-state index in [4.69, 9.17) is 0 Å². The van der Waals surface area contributed by atoms with E-state index in [0.29, 0.717) is 5.92 Å². The Morgan fingerprint density at radius 1 is 1.36 bits per heavy atom. The molecule has 0 aliphatic carbocycles. The summed E-state index contributed by atoms with van der Waals surface area (Å²) in [5.74, 6) is 0.536. The first-order valence-electron chi connectivity index (χ1n) is 3.82. The Balaban J connectivity index is 4.10. The molecule has 0 aromatic heterocycles. The van der Waals surface area contributed by atoms with Crippen LogP contribution in [0.3, 0.4) is 0 Å². The number of hydrogen-bond acceptors (Lipinski definition) is 1. The van der Waals surface area contributed by atoms with Crippen LogP contribution >= 0.6 is 0 Å². The molecule has 0 amide bonds. The molecule has 11 heavy (non-hydrogen) atoms. The summed E-state index contributed by atoms with van der Waals surface area (Å²) in [6.45, 7) is 6.30. The van der Waals surface area contributed by atoms with Crippen molar-refractivity contribution in [3.05, 3.63) is 11.6 Å². The van der Waals surface area contributed by atoms with Crippen molar-refractivity contribution in [1.82, 2.24) is 0 Å². The second kappa shape index (κ2) is 5.83. The number of hydrogen-bond donors (Lipinski definition) is 0. The molecule has 0 saturated heterocycles. The fraction of sp³-hybridized carbons (Fsp3) is 0.556. The summed E-state index contributed by atoms with van der Waals surface area (Å²) in [5, 5.41) is 0. The molecule has 2 nitrogen and oxygen atoms in total. The van der Waals surface area contributed by atoms with E-state index in [1.807, 2.05) is 13.1 Å². The van der Waals surface area contributed by atoms with Crippen LogP contribution < -0.4 is 0 Å². The fourth-order valence-electron chi connectivity index (χ4n) is 0.743. The van der Waals surface area contributed by atoms with Crippen molar-refractivity contribution in [2.75, 3.05) is 7.05 Å². The smallest absolute Gasteiger partial charge is 0.109 e. The van der Waals surface area contributed by atoms with Gasteiger partial charge in [-0.05, 0) is 18.4 Å². The number of allylic oxidation sites excluding steroid dienone is 2. The average molecular weight is 152 g/mol. The minimum atomic E-state index is 0.536. The van der Waals surface area contributed by atoms with Gasteiger partial charge in [0.25, 0.3) is 0 Å². The van der Waals surface area contributed by atoms with Crippen LogP contribution in [0.25, 0.3) is 0 Å². The zero-order valence-corrected chi connectivity index (χ0v) is 7.70. The Kier molecular flexibility index (Phi) is 5.35. The van der Waals surface area contributed by atoms with Gasteiger partial charge in [-0.15, -0.1) is 0 Å². The summed E-state index contributed by atoms with van der Waals surface area (Å²) in [6.07, 6.45) is 5.46. The minimum Gasteiger partial charge on any atom is -0.277 e. The van der Waals surface area contributed by atoms with Gasteiger partial charge in [-0.2, -0.15) is 0 Å². The normalized spacial score (nSPS) is 14.1. The fourth-order valence-corrected chi connectivity index (χ4v) is 0.743. The first-order valence-corrected chi connectivity index (χ1v) is 3.82. The topological polar surface area (TPSA) is 24.7 Å². The van der Waals surface area contributed by atoms with Gasteiger partial charge in [-0.3, -0.25) is 4.99 Å². The van der Waals surface area contributed by atoms with Crippen LogP contribution in [0.4, 0.5) is 0 Å². The van der Waals surface area contributed by atoms with Gasteiger partial charge in [0.1, 0.15) is 6.34 Å². The highest BCUT2D eigenvalue weighted by Gasteiger charge is 1.95. The van der Waals surface area contributed by atoms with E-state index in [1.54, 1.807) is 13.4 Å². The van der Waals surface area contributed by atoms with Gasteiger partial charge in [0.2, 0.25) is 0 Å². The maximum absolute atomic E-state index is 4.00. The molecule has 0 bridgehead atoms. The molecule has 0 N–H and O–H groups in total. The molecule has 0 rings (SSSR count). The predicted molar refractivity (Wildman–Crippen MR) is 51.5 cm³/mol. The minimum absolute atomic E-state index is 0.536. The second-order valence-corrected chi connectivity index (χ2v) is 2.60. The van der Waals surface area contributed by atoms with Gasteiger partial charge < -0.3 is 0 Å². The molecule has 0 aliphatic rings. The second-order valence-electron chi connectivity index (χ2n) is 2.60. The van der Waals surface area contributed by atoms with Crippen LogP contribution in [0, 0.1) is 5.92 Å². The van der Waals surface area contributed by atoms with Gasteiger partial charge >= 0.3 is 0 Å². The van der Waals surface area contributed by atoms with E-state index in [2.05, 4.69) is 29.9 Å². The van der Waals surface area contributed by atoms with Gasteiger partial charge in [0.15, 0.2) is 0 Å². The Morgan fingerprint density at radius 2 is 2.00 bits per heavy atom. The van der Waals surface area contributed by atoms with E-state index < -0.39 is 0 Å². The zero-order chi connectivity index (χ0) is 8.69. The molecule has 62 valence electrons. The largest absolute Gasteiger partial charge is 0.277 e. The molecule has 0 aromatic rings. The van der Waals surface area contributed by atoms with Crippen LogP contribution in [0.15, 0.2) is 21.6 Å².